The number of aromatic hydroxyl groups is 1. The Morgan fingerprint density at radius 1 is 0.714 bits per heavy atom. The lowest BCUT2D eigenvalue weighted by Crippen LogP contribution is -2.23. The number of rotatable bonds is 20. The van der Waals surface area contributed by atoms with Gasteiger partial charge in [-0.05, 0) is 126 Å². The number of sulfone groups is 2. The third-order valence-electron chi connectivity index (χ3n) is 7.88. The molecule has 0 saturated carbocycles. The van der Waals surface area contributed by atoms with Gasteiger partial charge in [-0.1, -0.05) is 56.4 Å². The third-order valence-corrected chi connectivity index (χ3v) is 11.5. The Kier molecular flexibility index (Phi) is 22.5. The van der Waals surface area contributed by atoms with E-state index in [-0.39, 0.29) is 34.3 Å². The molecule has 8 nitrogen and oxygen atoms in total. The maximum Gasteiger partial charge on any atom is 0.416 e. The lowest BCUT2D eigenvalue weighted by Gasteiger charge is -2.20. The highest BCUT2D eigenvalue weighted by Gasteiger charge is 2.31. The molecule has 312 valence electrons. The van der Waals surface area contributed by atoms with E-state index in [0.29, 0.717) is 17.9 Å². The van der Waals surface area contributed by atoms with Gasteiger partial charge in [-0.3, -0.25) is 0 Å². The van der Waals surface area contributed by atoms with Crippen molar-refractivity contribution in [3.8, 4) is 11.5 Å². The first-order valence-corrected chi connectivity index (χ1v) is 21.1. The Balaban J connectivity index is 0.000000470. The first kappa shape index (κ1) is 49.9. The van der Waals surface area contributed by atoms with E-state index in [4.69, 9.17) is 9.84 Å². The second kappa shape index (κ2) is 25.2. The van der Waals surface area contributed by atoms with Gasteiger partial charge in [-0.2, -0.15) is 26.3 Å². The number of benzene rings is 3. The molecular weight excluding hydrogens is 783 g/mol. The first-order valence-electron chi connectivity index (χ1n) is 17.8. The summed E-state index contributed by atoms with van der Waals surface area (Å²) in [6, 6.07) is 16.7. The summed E-state index contributed by atoms with van der Waals surface area (Å²) in [5.41, 5.74) is -1.52. The van der Waals surface area contributed by atoms with Crippen molar-refractivity contribution in [2.75, 3.05) is 38.7 Å². The minimum absolute atomic E-state index is 0.0750. The summed E-state index contributed by atoms with van der Waals surface area (Å²) in [4.78, 5) is 0.515. The molecule has 0 bridgehead atoms. The lowest BCUT2D eigenvalue weighted by atomic mass is 10.1. The Morgan fingerprint density at radius 3 is 1.73 bits per heavy atom. The average Bonchev–Trinajstić information content (AvgIpc) is 3.15. The van der Waals surface area contributed by atoms with Crippen molar-refractivity contribution in [1.29, 1.82) is 0 Å². The number of nitrogens with one attached hydrogen (secondary N) is 2. The van der Waals surface area contributed by atoms with Crippen molar-refractivity contribution in [2.45, 2.75) is 68.3 Å². The molecule has 3 aromatic rings. The molecule has 0 amide bonds. The number of hydrogen-bond donors (Lipinski definition) is 3. The fraction of sp³-hybridized carbons (Fsp3) is 0.400. The normalized spacial score (nSPS) is 12.7. The van der Waals surface area contributed by atoms with Crippen molar-refractivity contribution in [3.05, 3.63) is 126 Å². The predicted molar refractivity (Wildman–Crippen MR) is 210 cm³/mol. The van der Waals surface area contributed by atoms with Gasteiger partial charge in [-0.25, -0.2) is 16.8 Å². The molecular formula is C40H52F6N2O6S2. The zero-order valence-electron chi connectivity index (χ0n) is 31.6. The van der Waals surface area contributed by atoms with Gasteiger partial charge in [0.1, 0.15) is 11.5 Å². The fourth-order valence-corrected chi connectivity index (χ4v) is 7.60. The van der Waals surface area contributed by atoms with Gasteiger partial charge < -0.3 is 20.5 Å². The predicted octanol–water partition coefficient (Wildman–Crippen LogP) is 9.16. The number of halogens is 6. The van der Waals surface area contributed by atoms with Crippen LogP contribution < -0.4 is 15.4 Å². The lowest BCUT2D eigenvalue weighted by molar-refractivity contribution is -0.138. The molecule has 0 aromatic heterocycles. The molecule has 3 rings (SSSR count). The Bertz CT molecular complexity index is 1820. The largest absolute Gasteiger partial charge is 0.508 e. The van der Waals surface area contributed by atoms with E-state index in [9.17, 15) is 43.2 Å². The maximum absolute atomic E-state index is 12.7. The Hall–Kier alpha value is -4.12. The van der Waals surface area contributed by atoms with Gasteiger partial charge in [0.25, 0.3) is 0 Å². The molecule has 3 aromatic carbocycles. The standard InChI is InChI=1S/C20H26F3NO3S.C13H21NO2S.C7H5F3O/c1-4-7-19(5-2)28(25,26)15-13-17(8-6-14-24-3)27-18-11-9-16(10-12-18)20(21,22)23;1-14-11-7-2-3-8-12-17(15,16)13-9-5-4-6-10-13;8-7(9,10)5-1-3-6(11)4-2-5/h4-5,7,9-12,17,24H,1-2,6,8,13-15H2,3H3;4-6,9-10,14H,2-3,7-8,11-12H2,1H3;1-4,11H/b19-7+;;. The zero-order chi connectivity index (χ0) is 42.3. The van der Waals surface area contributed by atoms with E-state index in [1.54, 1.807) is 31.3 Å². The van der Waals surface area contributed by atoms with Crippen LogP contribution in [0.5, 0.6) is 11.5 Å². The van der Waals surface area contributed by atoms with Crippen LogP contribution in [-0.4, -0.2) is 66.7 Å². The summed E-state index contributed by atoms with van der Waals surface area (Å²) in [5, 5.41) is 14.7. The van der Waals surface area contributed by atoms with Crippen LogP contribution in [0.2, 0.25) is 0 Å². The quantitative estimate of drug-likeness (QED) is 0.0586. The van der Waals surface area contributed by atoms with Crippen LogP contribution in [-0.2, 0) is 32.0 Å². The molecule has 0 aliphatic rings. The summed E-state index contributed by atoms with van der Waals surface area (Å²) in [6.45, 7) is 8.71. The first-order chi connectivity index (χ1) is 26.3. The topological polar surface area (TPSA) is 122 Å². The van der Waals surface area contributed by atoms with Crippen LogP contribution in [0.25, 0.3) is 0 Å². The van der Waals surface area contributed by atoms with Gasteiger partial charge in [-0.15, -0.1) is 0 Å². The summed E-state index contributed by atoms with van der Waals surface area (Å²) in [7, 11) is -2.89. The number of ether oxygens (including phenoxy) is 1. The number of alkyl halides is 6. The minimum atomic E-state index is -4.42. The van der Waals surface area contributed by atoms with E-state index in [1.165, 1.54) is 30.4 Å². The minimum Gasteiger partial charge on any atom is -0.508 e. The molecule has 0 aliphatic carbocycles. The van der Waals surface area contributed by atoms with Crippen LogP contribution >= 0.6 is 0 Å². The van der Waals surface area contributed by atoms with E-state index in [1.807, 2.05) is 13.1 Å². The van der Waals surface area contributed by atoms with Gasteiger partial charge in [0, 0.05) is 0 Å². The third kappa shape index (κ3) is 20.2. The van der Waals surface area contributed by atoms with Gasteiger partial charge >= 0.3 is 12.4 Å². The molecule has 0 spiro atoms. The summed E-state index contributed by atoms with van der Waals surface area (Å²) >= 11 is 0. The average molecular weight is 835 g/mol. The Morgan fingerprint density at radius 2 is 1.23 bits per heavy atom. The smallest absolute Gasteiger partial charge is 0.416 e. The Labute approximate surface area is 327 Å². The van der Waals surface area contributed by atoms with Crippen molar-refractivity contribution < 1.29 is 53.0 Å². The van der Waals surface area contributed by atoms with Crippen LogP contribution in [0, 0.1) is 0 Å². The van der Waals surface area contributed by atoms with E-state index in [0.717, 1.165) is 75.0 Å². The molecule has 56 heavy (non-hydrogen) atoms. The number of allylic oxidation sites excluding steroid dienone is 3. The van der Waals surface area contributed by atoms with Crippen LogP contribution in [0.4, 0.5) is 26.3 Å². The number of phenols is 1. The van der Waals surface area contributed by atoms with Crippen molar-refractivity contribution in [2.24, 2.45) is 0 Å². The summed E-state index contributed by atoms with van der Waals surface area (Å²) in [6.07, 6.45) is 0.234. The highest BCUT2D eigenvalue weighted by atomic mass is 32.2. The second-order valence-corrected chi connectivity index (χ2v) is 16.5. The molecule has 1 unspecified atom stereocenters. The van der Waals surface area contributed by atoms with E-state index >= 15 is 0 Å². The second-order valence-electron chi connectivity index (χ2n) is 12.3. The van der Waals surface area contributed by atoms with Crippen LogP contribution in [0.3, 0.4) is 0 Å². The monoisotopic (exact) mass is 834 g/mol. The number of unbranched alkanes of at least 4 members (excludes halogenated alkanes) is 3. The molecule has 3 N–H and O–H groups in total. The van der Waals surface area contributed by atoms with Crippen LogP contribution in [0.15, 0.2) is 120 Å². The molecule has 0 aliphatic heterocycles. The van der Waals surface area contributed by atoms with Gasteiger partial charge in [0.05, 0.1) is 38.5 Å². The van der Waals surface area contributed by atoms with Crippen molar-refractivity contribution in [3.63, 3.8) is 0 Å². The highest BCUT2D eigenvalue weighted by Crippen LogP contribution is 2.31. The summed E-state index contributed by atoms with van der Waals surface area (Å²) in [5.74, 6) is 0.198. The van der Waals surface area contributed by atoms with Gasteiger partial charge in [0.2, 0.25) is 0 Å². The molecule has 0 radical (unpaired) electrons. The van der Waals surface area contributed by atoms with E-state index < -0.39 is 49.3 Å². The highest BCUT2D eigenvalue weighted by molar-refractivity contribution is 7.95. The zero-order valence-corrected chi connectivity index (χ0v) is 33.2. The molecule has 0 fully saturated rings. The van der Waals surface area contributed by atoms with E-state index in [2.05, 4.69) is 23.8 Å². The molecule has 16 heteroatoms. The molecule has 0 saturated heterocycles. The van der Waals surface area contributed by atoms with Crippen molar-refractivity contribution in [1.82, 2.24) is 10.6 Å². The SMILES string of the molecule is C=C/C=C(\C=C)S(=O)(=O)CCC(CCCNC)Oc1ccc(C(F)(F)F)cc1.CNCCCCCCS(=O)(=O)c1ccccc1.Oc1ccc(C(F)(F)F)cc1. The molecule has 1 atom stereocenters. The molecule has 0 heterocycles. The van der Waals surface area contributed by atoms with Gasteiger partial charge in [0.15, 0.2) is 19.7 Å². The van der Waals surface area contributed by atoms with Crippen LogP contribution in [0.1, 0.15) is 56.1 Å². The maximum atomic E-state index is 12.7. The number of phenolic OH excluding ortho intramolecular Hbond substituents is 1. The fourth-order valence-electron chi connectivity index (χ4n) is 4.85. The number of hydrogen-bond acceptors (Lipinski definition) is 8. The van der Waals surface area contributed by atoms with Crippen molar-refractivity contribution >= 4 is 19.7 Å². The summed E-state index contributed by atoms with van der Waals surface area (Å²) < 4.78 is 128.